The van der Waals surface area contributed by atoms with Crippen LogP contribution in [0.25, 0.3) is 22.2 Å². The Morgan fingerprint density at radius 2 is 2.03 bits per heavy atom. The van der Waals surface area contributed by atoms with Crippen LogP contribution in [0.4, 0.5) is 5.82 Å². The van der Waals surface area contributed by atoms with Crippen LogP contribution in [0, 0.1) is 0 Å². The summed E-state index contributed by atoms with van der Waals surface area (Å²) in [5.74, 6) is 1.34. The number of rotatable bonds is 6. The van der Waals surface area contributed by atoms with E-state index in [1.165, 1.54) is 0 Å². The van der Waals surface area contributed by atoms with Gasteiger partial charge in [-0.05, 0) is 24.1 Å². The smallest absolute Gasteiger partial charge is 0.146 e. The zero-order chi connectivity index (χ0) is 20.5. The highest BCUT2D eigenvalue weighted by atomic mass is 16.5. The Kier molecular flexibility index (Phi) is 4.84. The lowest BCUT2D eigenvalue weighted by atomic mass is 10.1. The Morgan fingerprint density at radius 3 is 2.80 bits per heavy atom. The van der Waals surface area contributed by atoms with Crippen molar-refractivity contribution >= 4 is 16.9 Å². The molecule has 1 fully saturated rings. The molecule has 30 heavy (non-hydrogen) atoms. The van der Waals surface area contributed by atoms with Crippen molar-refractivity contribution in [2.75, 3.05) is 32.5 Å². The van der Waals surface area contributed by atoms with Gasteiger partial charge in [0.05, 0.1) is 18.8 Å². The number of anilines is 1. The quantitative estimate of drug-likeness (QED) is 0.533. The number of aromatic nitrogens is 5. The van der Waals surface area contributed by atoms with E-state index in [2.05, 4.69) is 47.3 Å². The molecule has 2 N–H and O–H groups in total. The van der Waals surface area contributed by atoms with E-state index in [-0.39, 0.29) is 0 Å². The summed E-state index contributed by atoms with van der Waals surface area (Å²) in [6.45, 7) is 4.02. The van der Waals surface area contributed by atoms with E-state index in [0.29, 0.717) is 11.9 Å². The number of methoxy groups -OCH3 is 1. The zero-order valence-electron chi connectivity index (χ0n) is 17.0. The highest BCUT2D eigenvalue weighted by molar-refractivity contribution is 6.00. The van der Waals surface area contributed by atoms with E-state index >= 15 is 0 Å². The standard InChI is InChI=1S/C22H25N7O/c1-30-18-4-2-16(3-5-18)19-13-29(22-20(19)21(23)25-14-26-22)17-6-8-27(12-17)10-11-28-9-7-24-15-28/h2-5,7,9,13-15,17H,6,8,10-12H2,1H3,(H2,23,25,26). The molecule has 8 nitrogen and oxygen atoms in total. The summed E-state index contributed by atoms with van der Waals surface area (Å²) in [6.07, 6.45) is 10.5. The second-order valence-corrected chi connectivity index (χ2v) is 7.68. The number of nitrogens with two attached hydrogens (primary N) is 1. The number of fused-ring (bicyclic) bond motifs is 1. The molecule has 1 unspecified atom stereocenters. The van der Waals surface area contributed by atoms with Gasteiger partial charge in [0.1, 0.15) is 23.5 Å². The number of likely N-dealkylation sites (tertiary alicyclic amines) is 1. The van der Waals surface area contributed by atoms with E-state index in [1.807, 2.05) is 30.9 Å². The van der Waals surface area contributed by atoms with Crippen LogP contribution in [-0.4, -0.2) is 55.7 Å². The van der Waals surface area contributed by atoms with Crippen molar-refractivity contribution < 1.29 is 4.74 Å². The number of hydrogen-bond acceptors (Lipinski definition) is 6. The Labute approximate surface area is 174 Å². The molecule has 0 spiro atoms. The normalized spacial score (nSPS) is 17.0. The van der Waals surface area contributed by atoms with Crippen LogP contribution >= 0.6 is 0 Å². The number of nitrogens with zero attached hydrogens (tertiary/aromatic N) is 6. The number of imidazole rings is 1. The Morgan fingerprint density at radius 1 is 1.17 bits per heavy atom. The van der Waals surface area contributed by atoms with E-state index in [4.69, 9.17) is 10.5 Å². The first-order chi connectivity index (χ1) is 14.7. The van der Waals surface area contributed by atoms with E-state index in [1.54, 1.807) is 13.4 Å². The van der Waals surface area contributed by atoms with Crippen molar-refractivity contribution in [2.24, 2.45) is 0 Å². The molecule has 1 atom stereocenters. The minimum Gasteiger partial charge on any atom is -0.497 e. The van der Waals surface area contributed by atoms with Crippen LogP contribution in [0.1, 0.15) is 12.5 Å². The maximum absolute atomic E-state index is 6.28. The van der Waals surface area contributed by atoms with Gasteiger partial charge in [-0.1, -0.05) is 12.1 Å². The molecule has 1 aromatic carbocycles. The molecular formula is C22H25N7O. The zero-order valence-corrected chi connectivity index (χ0v) is 17.0. The Balaban J connectivity index is 1.44. The molecule has 1 aliphatic heterocycles. The first kappa shape index (κ1) is 18.6. The average Bonchev–Trinajstić information content (AvgIpc) is 3.52. The summed E-state index contributed by atoms with van der Waals surface area (Å²) in [4.78, 5) is 15.5. The van der Waals surface area contributed by atoms with E-state index < -0.39 is 0 Å². The van der Waals surface area contributed by atoms with Crippen LogP contribution in [0.15, 0.2) is 55.5 Å². The molecular weight excluding hydrogens is 378 g/mol. The third-order valence-electron chi connectivity index (χ3n) is 5.91. The SMILES string of the molecule is COc1ccc(-c2cn(C3CCN(CCn4ccnc4)C3)c3ncnc(N)c23)cc1. The minimum atomic E-state index is 0.358. The van der Waals surface area contributed by atoms with E-state index in [9.17, 15) is 0 Å². The van der Waals surface area contributed by atoms with Gasteiger partial charge in [-0.25, -0.2) is 15.0 Å². The fourth-order valence-electron chi connectivity index (χ4n) is 4.29. The van der Waals surface area contributed by atoms with Gasteiger partial charge < -0.3 is 19.6 Å². The molecule has 3 aromatic heterocycles. The summed E-state index contributed by atoms with van der Waals surface area (Å²) in [6, 6.07) is 8.39. The first-order valence-corrected chi connectivity index (χ1v) is 10.2. The minimum absolute atomic E-state index is 0.358. The molecule has 8 heteroatoms. The van der Waals surface area contributed by atoms with Crippen LogP contribution in [-0.2, 0) is 6.54 Å². The number of hydrogen-bond donors (Lipinski definition) is 1. The first-order valence-electron chi connectivity index (χ1n) is 10.2. The lowest BCUT2D eigenvalue weighted by Gasteiger charge is -2.17. The molecule has 5 rings (SSSR count). The highest BCUT2D eigenvalue weighted by Crippen LogP contribution is 2.36. The monoisotopic (exact) mass is 403 g/mol. The van der Waals surface area contributed by atoms with E-state index in [0.717, 1.165) is 60.5 Å². The van der Waals surface area contributed by atoms with Gasteiger partial charge >= 0.3 is 0 Å². The largest absolute Gasteiger partial charge is 0.497 e. The van der Waals surface area contributed by atoms with Gasteiger partial charge in [-0.15, -0.1) is 0 Å². The summed E-state index contributed by atoms with van der Waals surface area (Å²) in [7, 11) is 1.67. The predicted molar refractivity (Wildman–Crippen MR) is 116 cm³/mol. The van der Waals surface area contributed by atoms with Gasteiger partial charge in [0, 0.05) is 56.4 Å². The number of ether oxygens (including phenoxy) is 1. The lowest BCUT2D eigenvalue weighted by molar-refractivity contribution is 0.310. The Bertz CT molecular complexity index is 1130. The fraction of sp³-hybridized carbons (Fsp3) is 0.318. The van der Waals surface area contributed by atoms with Crippen molar-refractivity contribution in [3.8, 4) is 16.9 Å². The van der Waals surface area contributed by atoms with Crippen LogP contribution < -0.4 is 10.5 Å². The summed E-state index contributed by atoms with van der Waals surface area (Å²) in [5, 5.41) is 0.916. The molecule has 1 saturated heterocycles. The van der Waals surface area contributed by atoms with Crippen molar-refractivity contribution in [1.82, 2.24) is 29.0 Å². The number of benzene rings is 1. The van der Waals surface area contributed by atoms with Gasteiger partial charge in [-0.3, -0.25) is 4.90 Å². The third-order valence-corrected chi connectivity index (χ3v) is 5.91. The maximum atomic E-state index is 6.28. The molecule has 0 bridgehead atoms. The fourth-order valence-corrected chi connectivity index (χ4v) is 4.29. The number of nitrogen functional groups attached to an aromatic ring is 1. The Hall–Kier alpha value is -3.39. The maximum Gasteiger partial charge on any atom is 0.146 e. The molecule has 0 radical (unpaired) electrons. The predicted octanol–water partition coefficient (Wildman–Crippen LogP) is 2.83. The van der Waals surface area contributed by atoms with Crippen LogP contribution in [0.3, 0.4) is 0 Å². The van der Waals surface area contributed by atoms with Gasteiger partial charge in [-0.2, -0.15) is 0 Å². The van der Waals surface area contributed by atoms with Crippen molar-refractivity contribution in [2.45, 2.75) is 19.0 Å². The van der Waals surface area contributed by atoms with Crippen LogP contribution in [0.2, 0.25) is 0 Å². The second kappa shape index (κ2) is 7.79. The molecule has 1 aliphatic rings. The second-order valence-electron chi connectivity index (χ2n) is 7.68. The molecule has 4 aromatic rings. The summed E-state index contributed by atoms with van der Waals surface area (Å²) in [5.41, 5.74) is 9.32. The molecule has 4 heterocycles. The van der Waals surface area contributed by atoms with Gasteiger partial charge in [0.15, 0.2) is 0 Å². The summed E-state index contributed by atoms with van der Waals surface area (Å²) >= 11 is 0. The molecule has 0 saturated carbocycles. The highest BCUT2D eigenvalue weighted by Gasteiger charge is 2.27. The van der Waals surface area contributed by atoms with Crippen LogP contribution in [0.5, 0.6) is 5.75 Å². The average molecular weight is 403 g/mol. The molecule has 0 amide bonds. The lowest BCUT2D eigenvalue weighted by Crippen LogP contribution is -2.25. The van der Waals surface area contributed by atoms with Crippen molar-refractivity contribution in [3.05, 3.63) is 55.5 Å². The van der Waals surface area contributed by atoms with Crippen molar-refractivity contribution in [1.29, 1.82) is 0 Å². The third kappa shape index (κ3) is 3.39. The van der Waals surface area contributed by atoms with Gasteiger partial charge in [0.2, 0.25) is 0 Å². The molecule has 0 aliphatic carbocycles. The van der Waals surface area contributed by atoms with Crippen molar-refractivity contribution in [3.63, 3.8) is 0 Å². The molecule has 154 valence electrons. The summed E-state index contributed by atoms with van der Waals surface area (Å²) < 4.78 is 9.70. The topological polar surface area (TPSA) is 87.0 Å². The van der Waals surface area contributed by atoms with Gasteiger partial charge in [0.25, 0.3) is 0 Å².